The van der Waals surface area contributed by atoms with Crippen molar-refractivity contribution in [3.05, 3.63) is 0 Å². The largest absolute Gasteiger partial charge is 0.444 e. The van der Waals surface area contributed by atoms with Gasteiger partial charge in [-0.1, -0.05) is 0 Å². The number of carbonyl (C=O) groups is 1. The summed E-state index contributed by atoms with van der Waals surface area (Å²) in [4.78, 5) is 11.2. The lowest BCUT2D eigenvalue weighted by molar-refractivity contribution is 0.0528. The summed E-state index contributed by atoms with van der Waals surface area (Å²) in [6.45, 7) is 8.54. The van der Waals surface area contributed by atoms with Crippen LogP contribution in [0.15, 0.2) is 0 Å². The maximum Gasteiger partial charge on any atom is 0.407 e. The predicted molar refractivity (Wildman–Crippen MR) is 65.4 cm³/mol. The van der Waals surface area contributed by atoms with E-state index < -0.39 is 5.60 Å². The highest BCUT2D eigenvalue weighted by Gasteiger charge is 2.15. The molecule has 0 aliphatic heterocycles. The van der Waals surface area contributed by atoms with E-state index in [0.717, 1.165) is 32.5 Å². The molecule has 0 rings (SSSR count). The number of hydrogen-bond donors (Lipinski definition) is 3. The average Bonchev–Trinajstić information content (AvgIpc) is 2.13. The quantitative estimate of drug-likeness (QED) is 0.567. The molecule has 0 saturated carbocycles. The summed E-state index contributed by atoms with van der Waals surface area (Å²) >= 11 is 0. The lowest BCUT2D eigenvalue weighted by Gasteiger charge is -2.19. The van der Waals surface area contributed by atoms with Crippen molar-refractivity contribution >= 4 is 6.09 Å². The first-order chi connectivity index (χ1) is 7.45. The lowest BCUT2D eigenvalue weighted by atomic mass is 10.2. The van der Waals surface area contributed by atoms with Crippen LogP contribution in [-0.2, 0) is 4.74 Å². The summed E-state index contributed by atoms with van der Waals surface area (Å²) in [5.41, 5.74) is 4.93. The molecule has 1 amide bonds. The van der Waals surface area contributed by atoms with Crippen molar-refractivity contribution in [2.75, 3.05) is 26.2 Å². The SMILES string of the molecule is CC(C)(C)OC(=O)NCCNCCCCN. The van der Waals surface area contributed by atoms with Gasteiger partial charge in [-0.05, 0) is 46.7 Å². The van der Waals surface area contributed by atoms with Crippen LogP contribution in [0.3, 0.4) is 0 Å². The highest BCUT2D eigenvalue weighted by atomic mass is 16.6. The summed E-state index contributed by atoms with van der Waals surface area (Å²) in [5, 5.41) is 5.89. The number of carbonyl (C=O) groups excluding carboxylic acids is 1. The highest BCUT2D eigenvalue weighted by Crippen LogP contribution is 2.05. The smallest absolute Gasteiger partial charge is 0.407 e. The first-order valence-electron chi connectivity index (χ1n) is 5.83. The number of ether oxygens (including phenoxy) is 1. The summed E-state index contributed by atoms with van der Waals surface area (Å²) in [7, 11) is 0. The molecule has 0 aliphatic rings. The number of hydrogen-bond acceptors (Lipinski definition) is 4. The fourth-order valence-electron chi connectivity index (χ4n) is 1.09. The van der Waals surface area contributed by atoms with Crippen molar-refractivity contribution in [1.82, 2.24) is 10.6 Å². The third-order valence-electron chi connectivity index (χ3n) is 1.78. The van der Waals surface area contributed by atoms with Crippen molar-refractivity contribution in [3.63, 3.8) is 0 Å². The highest BCUT2D eigenvalue weighted by molar-refractivity contribution is 5.67. The van der Waals surface area contributed by atoms with Crippen LogP contribution in [0.5, 0.6) is 0 Å². The Bertz CT molecular complexity index is 190. The Morgan fingerprint density at radius 2 is 1.88 bits per heavy atom. The number of nitrogens with one attached hydrogen (secondary N) is 2. The van der Waals surface area contributed by atoms with Crippen LogP contribution in [0, 0.1) is 0 Å². The molecule has 96 valence electrons. The van der Waals surface area contributed by atoms with Gasteiger partial charge in [0.15, 0.2) is 0 Å². The van der Waals surface area contributed by atoms with Gasteiger partial charge in [-0.3, -0.25) is 0 Å². The number of unbranched alkanes of at least 4 members (excludes halogenated alkanes) is 1. The molecule has 0 saturated heterocycles. The molecular formula is C11H25N3O2. The van der Waals surface area contributed by atoms with Gasteiger partial charge in [0.1, 0.15) is 5.60 Å². The third-order valence-corrected chi connectivity index (χ3v) is 1.78. The number of alkyl carbamates (subject to hydrolysis) is 1. The van der Waals surface area contributed by atoms with Crippen molar-refractivity contribution in [2.45, 2.75) is 39.2 Å². The second kappa shape index (κ2) is 8.35. The van der Waals surface area contributed by atoms with Gasteiger partial charge in [-0.15, -0.1) is 0 Å². The van der Waals surface area contributed by atoms with E-state index in [4.69, 9.17) is 10.5 Å². The molecule has 0 unspecified atom stereocenters. The summed E-state index contributed by atoms with van der Waals surface area (Å²) in [5.74, 6) is 0. The summed E-state index contributed by atoms with van der Waals surface area (Å²) < 4.78 is 5.09. The molecule has 0 fully saturated rings. The predicted octanol–water partition coefficient (Wildman–Crippen LogP) is 0.840. The van der Waals surface area contributed by atoms with Crippen molar-refractivity contribution in [2.24, 2.45) is 5.73 Å². The normalized spacial score (nSPS) is 11.2. The van der Waals surface area contributed by atoms with Crippen molar-refractivity contribution < 1.29 is 9.53 Å². The number of amides is 1. The third kappa shape index (κ3) is 11.3. The summed E-state index contributed by atoms with van der Waals surface area (Å²) in [6, 6.07) is 0. The van der Waals surface area contributed by atoms with E-state index in [9.17, 15) is 4.79 Å². The molecule has 0 aromatic heterocycles. The van der Waals surface area contributed by atoms with Crippen LogP contribution in [0.4, 0.5) is 4.79 Å². The van der Waals surface area contributed by atoms with E-state index >= 15 is 0 Å². The molecule has 5 heteroatoms. The Labute approximate surface area is 98.1 Å². The minimum Gasteiger partial charge on any atom is -0.444 e. The standard InChI is InChI=1S/C11H25N3O2/c1-11(2,3)16-10(15)14-9-8-13-7-5-4-6-12/h13H,4-9,12H2,1-3H3,(H,14,15). The molecule has 0 aliphatic carbocycles. The molecule has 5 nitrogen and oxygen atoms in total. The first kappa shape index (κ1) is 15.2. The maximum atomic E-state index is 11.2. The van der Waals surface area contributed by atoms with Gasteiger partial charge in [-0.2, -0.15) is 0 Å². The van der Waals surface area contributed by atoms with Crippen LogP contribution >= 0.6 is 0 Å². The Morgan fingerprint density at radius 3 is 2.44 bits per heavy atom. The van der Waals surface area contributed by atoms with Gasteiger partial charge in [0.2, 0.25) is 0 Å². The second-order valence-corrected chi connectivity index (χ2v) is 4.67. The maximum absolute atomic E-state index is 11.2. The Morgan fingerprint density at radius 1 is 1.19 bits per heavy atom. The zero-order chi connectivity index (χ0) is 12.4. The van der Waals surface area contributed by atoms with Gasteiger partial charge in [0.05, 0.1) is 0 Å². The van der Waals surface area contributed by atoms with E-state index in [0.29, 0.717) is 6.54 Å². The fourth-order valence-corrected chi connectivity index (χ4v) is 1.09. The van der Waals surface area contributed by atoms with Crippen molar-refractivity contribution in [3.8, 4) is 0 Å². The lowest BCUT2D eigenvalue weighted by Crippen LogP contribution is -2.36. The van der Waals surface area contributed by atoms with Gasteiger partial charge >= 0.3 is 6.09 Å². The van der Waals surface area contributed by atoms with E-state index in [-0.39, 0.29) is 6.09 Å². The molecule has 0 aromatic rings. The van der Waals surface area contributed by atoms with E-state index in [1.54, 1.807) is 0 Å². The average molecular weight is 231 g/mol. The Kier molecular flexibility index (Phi) is 7.93. The fraction of sp³-hybridized carbons (Fsp3) is 0.909. The molecule has 0 spiro atoms. The van der Waals surface area contributed by atoms with E-state index in [1.807, 2.05) is 20.8 Å². The molecular weight excluding hydrogens is 206 g/mol. The number of nitrogens with two attached hydrogens (primary N) is 1. The molecule has 0 heterocycles. The zero-order valence-electron chi connectivity index (χ0n) is 10.6. The summed E-state index contributed by atoms with van der Waals surface area (Å²) in [6.07, 6.45) is 1.74. The number of rotatable bonds is 7. The topological polar surface area (TPSA) is 76.4 Å². The Balaban J connectivity index is 3.28. The minimum atomic E-state index is -0.432. The molecule has 16 heavy (non-hydrogen) atoms. The van der Waals surface area contributed by atoms with Crippen LogP contribution < -0.4 is 16.4 Å². The first-order valence-corrected chi connectivity index (χ1v) is 5.83. The second-order valence-electron chi connectivity index (χ2n) is 4.67. The van der Waals surface area contributed by atoms with Gasteiger partial charge < -0.3 is 21.1 Å². The monoisotopic (exact) mass is 231 g/mol. The van der Waals surface area contributed by atoms with Crippen molar-refractivity contribution in [1.29, 1.82) is 0 Å². The van der Waals surface area contributed by atoms with E-state index in [2.05, 4.69) is 10.6 Å². The van der Waals surface area contributed by atoms with Crippen LogP contribution in [0.1, 0.15) is 33.6 Å². The Hall–Kier alpha value is -0.810. The molecule has 4 N–H and O–H groups in total. The molecule has 0 aromatic carbocycles. The van der Waals surface area contributed by atoms with Gasteiger partial charge in [-0.25, -0.2) is 4.79 Å². The van der Waals surface area contributed by atoms with E-state index in [1.165, 1.54) is 0 Å². The molecule has 0 radical (unpaired) electrons. The van der Waals surface area contributed by atoms with Crippen LogP contribution in [-0.4, -0.2) is 37.9 Å². The van der Waals surface area contributed by atoms with Gasteiger partial charge in [0, 0.05) is 13.1 Å². The minimum absolute atomic E-state index is 0.365. The molecule has 0 atom stereocenters. The zero-order valence-corrected chi connectivity index (χ0v) is 10.6. The van der Waals surface area contributed by atoms with Crippen LogP contribution in [0.2, 0.25) is 0 Å². The van der Waals surface area contributed by atoms with Gasteiger partial charge in [0.25, 0.3) is 0 Å². The molecule has 0 bridgehead atoms. The van der Waals surface area contributed by atoms with Crippen LogP contribution in [0.25, 0.3) is 0 Å².